The van der Waals surface area contributed by atoms with Crippen LogP contribution in [0.15, 0.2) is 18.2 Å². The molecule has 0 spiro atoms. The third-order valence-corrected chi connectivity index (χ3v) is 4.15. The summed E-state index contributed by atoms with van der Waals surface area (Å²) in [6, 6.07) is 4.65. The number of alkyl halides is 4. The minimum absolute atomic E-state index is 0.0501. The number of rotatable bonds is 3. The van der Waals surface area contributed by atoms with Gasteiger partial charge in [0.25, 0.3) is 5.19 Å². The summed E-state index contributed by atoms with van der Waals surface area (Å²) in [7, 11) is 0. The lowest BCUT2D eigenvalue weighted by Gasteiger charge is -2.12. The first kappa shape index (κ1) is 15.9. The van der Waals surface area contributed by atoms with E-state index in [4.69, 9.17) is 33.2 Å². The Balaban J connectivity index is 2.41. The van der Waals surface area contributed by atoms with Crippen molar-refractivity contribution in [1.82, 2.24) is 4.98 Å². The van der Waals surface area contributed by atoms with Crippen LogP contribution in [0.3, 0.4) is 0 Å². The van der Waals surface area contributed by atoms with Crippen LogP contribution in [0, 0.1) is 11.3 Å². The van der Waals surface area contributed by atoms with E-state index in [1.54, 1.807) is 6.07 Å². The molecule has 1 aromatic carbocycles. The van der Waals surface area contributed by atoms with Crippen molar-refractivity contribution in [3.8, 4) is 17.0 Å². The van der Waals surface area contributed by atoms with Crippen LogP contribution in [0.25, 0.3) is 0 Å². The molecule has 2 aromatic rings. The van der Waals surface area contributed by atoms with Gasteiger partial charge in [0, 0.05) is 0 Å². The van der Waals surface area contributed by atoms with Crippen LogP contribution in [-0.4, -0.2) is 4.98 Å². The van der Waals surface area contributed by atoms with Crippen molar-refractivity contribution in [1.29, 1.82) is 5.26 Å². The fourth-order valence-corrected chi connectivity index (χ4v) is 2.77. The highest BCUT2D eigenvalue weighted by atomic mass is 35.5. The summed E-state index contributed by atoms with van der Waals surface area (Å²) in [6.07, 6.45) is -4.65. The number of nitriles is 1. The molecule has 3 nitrogen and oxygen atoms in total. The molecule has 0 aliphatic rings. The number of hydrogen-bond donors (Lipinski definition) is 0. The molecular weight excluding hydrogens is 348 g/mol. The molecule has 0 bridgehead atoms. The maximum Gasteiger partial charge on any atom is 0.420 e. The molecular formula is C12H5Cl2F3N2OS. The summed E-state index contributed by atoms with van der Waals surface area (Å²) < 4.78 is 44.0. The zero-order chi connectivity index (χ0) is 15.6. The van der Waals surface area contributed by atoms with Gasteiger partial charge in [-0.15, -0.1) is 11.6 Å². The Morgan fingerprint density at radius 1 is 1.38 bits per heavy atom. The molecule has 1 heterocycles. The molecule has 21 heavy (non-hydrogen) atoms. The molecule has 110 valence electrons. The van der Waals surface area contributed by atoms with Crippen molar-refractivity contribution in [3.63, 3.8) is 0 Å². The van der Waals surface area contributed by atoms with Crippen molar-refractivity contribution in [3.05, 3.63) is 39.4 Å². The zero-order valence-corrected chi connectivity index (χ0v) is 12.4. The van der Waals surface area contributed by atoms with Gasteiger partial charge in [-0.05, 0) is 18.2 Å². The second-order valence-electron chi connectivity index (χ2n) is 3.75. The maximum atomic E-state index is 13.0. The quantitative estimate of drug-likeness (QED) is 0.711. The van der Waals surface area contributed by atoms with E-state index in [1.807, 2.05) is 0 Å². The average Bonchev–Trinajstić information content (AvgIpc) is 2.78. The molecule has 0 amide bonds. The van der Waals surface area contributed by atoms with E-state index in [-0.39, 0.29) is 21.8 Å². The number of benzene rings is 1. The molecule has 0 saturated carbocycles. The third-order valence-electron chi connectivity index (χ3n) is 2.36. The first-order chi connectivity index (χ1) is 9.85. The fraction of sp³-hybridized carbons (Fsp3) is 0.167. The van der Waals surface area contributed by atoms with E-state index in [9.17, 15) is 13.2 Å². The lowest BCUT2D eigenvalue weighted by molar-refractivity contribution is -0.138. The Bertz CT molecular complexity index is 710. The van der Waals surface area contributed by atoms with Gasteiger partial charge in [0.2, 0.25) is 0 Å². The predicted molar refractivity (Wildman–Crippen MR) is 72.9 cm³/mol. The van der Waals surface area contributed by atoms with E-state index < -0.39 is 17.5 Å². The molecule has 0 unspecified atom stereocenters. The topological polar surface area (TPSA) is 45.9 Å². The van der Waals surface area contributed by atoms with Gasteiger partial charge in [-0.3, -0.25) is 0 Å². The van der Waals surface area contributed by atoms with Gasteiger partial charge in [0.1, 0.15) is 10.9 Å². The highest BCUT2D eigenvalue weighted by Crippen LogP contribution is 2.40. The minimum Gasteiger partial charge on any atom is -0.430 e. The average molecular weight is 353 g/mol. The number of nitrogens with zero attached hydrogens (tertiary/aromatic N) is 2. The van der Waals surface area contributed by atoms with Crippen molar-refractivity contribution < 1.29 is 17.9 Å². The van der Waals surface area contributed by atoms with Gasteiger partial charge in [-0.1, -0.05) is 22.9 Å². The molecule has 0 aliphatic heterocycles. The molecule has 0 fully saturated rings. The number of thiazole rings is 1. The van der Waals surface area contributed by atoms with Gasteiger partial charge in [0.15, 0.2) is 0 Å². The highest BCUT2D eigenvalue weighted by molar-refractivity contribution is 7.14. The van der Waals surface area contributed by atoms with E-state index in [2.05, 4.69) is 4.98 Å². The summed E-state index contributed by atoms with van der Waals surface area (Å²) in [5.41, 5.74) is -1.17. The molecule has 0 N–H and O–H groups in total. The molecule has 1 aromatic heterocycles. The Kier molecular flexibility index (Phi) is 4.61. The molecule has 0 atom stereocenters. The number of hydrogen-bond acceptors (Lipinski definition) is 4. The van der Waals surface area contributed by atoms with Gasteiger partial charge in [-0.2, -0.15) is 23.4 Å². The summed E-state index contributed by atoms with van der Waals surface area (Å²) in [6.45, 7) is 0. The molecule has 0 aliphatic carbocycles. The van der Waals surface area contributed by atoms with Crippen molar-refractivity contribution in [2.24, 2.45) is 0 Å². The Labute approximate surface area is 131 Å². The third kappa shape index (κ3) is 3.59. The van der Waals surface area contributed by atoms with Gasteiger partial charge >= 0.3 is 6.18 Å². The molecule has 0 radical (unpaired) electrons. The fourth-order valence-electron chi connectivity index (χ4n) is 1.44. The summed E-state index contributed by atoms with van der Waals surface area (Å²) in [5.74, 6) is -0.368. The normalized spacial score (nSPS) is 11.2. The van der Waals surface area contributed by atoms with Crippen LogP contribution in [-0.2, 0) is 12.1 Å². The van der Waals surface area contributed by atoms with Crippen LogP contribution in [0.1, 0.15) is 16.0 Å². The van der Waals surface area contributed by atoms with Crippen molar-refractivity contribution in [2.75, 3.05) is 0 Å². The largest absolute Gasteiger partial charge is 0.430 e. The Morgan fingerprint density at radius 2 is 2.10 bits per heavy atom. The van der Waals surface area contributed by atoms with E-state index in [0.717, 1.165) is 17.4 Å². The molecule has 2 rings (SSSR count). The van der Waals surface area contributed by atoms with Gasteiger partial charge < -0.3 is 4.74 Å². The zero-order valence-electron chi connectivity index (χ0n) is 10.0. The van der Waals surface area contributed by atoms with Crippen LogP contribution in [0.4, 0.5) is 13.2 Å². The lowest BCUT2D eigenvalue weighted by Crippen LogP contribution is -2.07. The second-order valence-corrected chi connectivity index (χ2v) is 5.42. The van der Waals surface area contributed by atoms with Crippen LogP contribution >= 0.6 is 34.5 Å². The SMILES string of the molecule is N#Cc1ccc(Oc2nc(Cl)c(CCl)s2)c(C(F)(F)F)c1. The highest BCUT2D eigenvalue weighted by Gasteiger charge is 2.35. The minimum atomic E-state index is -4.65. The molecule has 0 saturated heterocycles. The van der Waals surface area contributed by atoms with E-state index in [1.165, 1.54) is 6.07 Å². The number of aromatic nitrogens is 1. The van der Waals surface area contributed by atoms with Crippen LogP contribution in [0.2, 0.25) is 5.15 Å². The van der Waals surface area contributed by atoms with E-state index in [0.29, 0.717) is 10.9 Å². The summed E-state index contributed by atoms with van der Waals surface area (Å²) in [5, 5.41) is 8.72. The first-order valence-electron chi connectivity index (χ1n) is 5.35. The van der Waals surface area contributed by atoms with Crippen LogP contribution < -0.4 is 4.74 Å². The lowest BCUT2D eigenvalue weighted by atomic mass is 10.1. The second kappa shape index (κ2) is 6.10. The Hall–Kier alpha value is -1.49. The molecule has 9 heteroatoms. The van der Waals surface area contributed by atoms with Crippen LogP contribution in [0.5, 0.6) is 10.9 Å². The van der Waals surface area contributed by atoms with Crippen molar-refractivity contribution >= 4 is 34.5 Å². The van der Waals surface area contributed by atoms with Gasteiger partial charge in [0.05, 0.1) is 28.0 Å². The summed E-state index contributed by atoms with van der Waals surface area (Å²) >= 11 is 12.3. The van der Waals surface area contributed by atoms with E-state index >= 15 is 0 Å². The Morgan fingerprint density at radius 3 is 2.62 bits per heavy atom. The summed E-state index contributed by atoms with van der Waals surface area (Å²) in [4.78, 5) is 4.28. The van der Waals surface area contributed by atoms with Crippen molar-refractivity contribution in [2.45, 2.75) is 12.1 Å². The predicted octanol–water partition coefficient (Wildman–Crippen LogP) is 5.22. The maximum absolute atomic E-state index is 13.0. The number of ether oxygens (including phenoxy) is 1. The van der Waals surface area contributed by atoms with Gasteiger partial charge in [-0.25, -0.2) is 0 Å². The number of halogens is 5. The monoisotopic (exact) mass is 352 g/mol. The first-order valence-corrected chi connectivity index (χ1v) is 7.08. The smallest absolute Gasteiger partial charge is 0.420 e. The standard InChI is InChI=1S/C12H5Cl2F3N2OS/c13-4-9-10(14)19-11(21-9)20-8-2-1-6(5-18)3-7(8)12(15,16)17/h1-3H,4H2.